The first-order valence-electron chi connectivity index (χ1n) is 5.76. The highest BCUT2D eigenvalue weighted by molar-refractivity contribution is 7.89. The molecular weight excluding hydrogens is 311 g/mol. The first kappa shape index (κ1) is 16.7. The normalized spacial score (nSPS) is 25.1. The van der Waals surface area contributed by atoms with Crippen LogP contribution in [0.3, 0.4) is 0 Å². The fraction of sp³-hybridized carbons (Fsp3) is 0.700. The van der Waals surface area contributed by atoms with Crippen LogP contribution < -0.4 is 5.32 Å². The van der Waals surface area contributed by atoms with Gasteiger partial charge in [0.2, 0.25) is 0 Å². The summed E-state index contributed by atoms with van der Waals surface area (Å²) in [5, 5.41) is 7.35. The first-order valence-corrected chi connectivity index (χ1v) is 7.58. The maximum atomic E-state index is 12.6. The Morgan fingerprint density at radius 3 is 2.63 bits per heavy atom. The fourth-order valence-corrected chi connectivity index (χ4v) is 4.45. The van der Waals surface area contributed by atoms with E-state index in [0.29, 0.717) is 13.1 Å². The molecule has 1 aliphatic rings. The molecule has 1 fully saturated rings. The fourth-order valence-electron chi connectivity index (χ4n) is 2.12. The molecule has 0 amide bonds. The van der Waals surface area contributed by atoms with Crippen LogP contribution in [0, 0.1) is 0 Å². The van der Waals surface area contributed by atoms with Crippen molar-refractivity contribution in [2.24, 2.45) is 7.05 Å². The molecule has 1 N–H and O–H groups in total. The minimum Gasteiger partial charge on any atom is -0.311 e. The topological polar surface area (TPSA) is 67.2 Å². The molecule has 0 aromatic carbocycles. The number of halogens is 2. The monoisotopic (exact) mass is 328 g/mol. The third-order valence-electron chi connectivity index (χ3n) is 3.10. The Morgan fingerprint density at radius 2 is 2.11 bits per heavy atom. The lowest BCUT2D eigenvalue weighted by atomic mass is 10.2. The van der Waals surface area contributed by atoms with Crippen LogP contribution in [0.1, 0.15) is 13.8 Å². The highest BCUT2D eigenvalue weighted by Crippen LogP contribution is 2.26. The van der Waals surface area contributed by atoms with Crippen LogP contribution in [0.15, 0.2) is 11.2 Å². The van der Waals surface area contributed by atoms with Gasteiger partial charge in [0, 0.05) is 32.2 Å². The Balaban J connectivity index is 0.00000180. The van der Waals surface area contributed by atoms with Crippen LogP contribution in [-0.2, 0) is 17.1 Å². The second-order valence-electron chi connectivity index (χ2n) is 4.65. The van der Waals surface area contributed by atoms with Crippen LogP contribution in [0.5, 0.6) is 0 Å². The van der Waals surface area contributed by atoms with Crippen molar-refractivity contribution in [3.8, 4) is 0 Å². The number of rotatable bonds is 2. The quantitative estimate of drug-likeness (QED) is 0.874. The molecule has 1 saturated heterocycles. The molecule has 2 atom stereocenters. The van der Waals surface area contributed by atoms with Crippen molar-refractivity contribution in [1.82, 2.24) is 19.4 Å². The van der Waals surface area contributed by atoms with Gasteiger partial charge in [-0.25, -0.2) is 8.42 Å². The maximum Gasteiger partial charge on any atom is 0.262 e. The third kappa shape index (κ3) is 3.05. The van der Waals surface area contributed by atoms with Gasteiger partial charge < -0.3 is 5.32 Å². The number of aromatic nitrogens is 2. The van der Waals surface area contributed by atoms with E-state index in [-0.39, 0.29) is 34.5 Å². The van der Waals surface area contributed by atoms with Gasteiger partial charge in [-0.2, -0.15) is 9.40 Å². The highest BCUT2D eigenvalue weighted by atomic mass is 35.5. The van der Waals surface area contributed by atoms with Gasteiger partial charge in [0.25, 0.3) is 10.0 Å². The van der Waals surface area contributed by atoms with E-state index in [2.05, 4.69) is 10.4 Å². The predicted octanol–water partition coefficient (Wildman–Crippen LogP) is 0.866. The van der Waals surface area contributed by atoms with Crippen molar-refractivity contribution in [2.75, 3.05) is 13.1 Å². The number of sulfonamides is 1. The zero-order valence-corrected chi connectivity index (χ0v) is 13.4. The first-order chi connectivity index (χ1) is 8.34. The summed E-state index contributed by atoms with van der Waals surface area (Å²) in [6.07, 6.45) is 1.35. The van der Waals surface area contributed by atoms with E-state index in [1.807, 2.05) is 13.8 Å². The lowest BCUT2D eigenvalue weighted by Crippen LogP contribution is -2.56. The lowest BCUT2D eigenvalue weighted by Gasteiger charge is -2.36. The van der Waals surface area contributed by atoms with Crippen LogP contribution in [0.4, 0.5) is 0 Å². The third-order valence-corrected chi connectivity index (χ3v) is 5.59. The molecule has 2 rings (SSSR count). The molecular formula is C10H18Cl2N4O2S. The molecule has 1 aromatic rings. The summed E-state index contributed by atoms with van der Waals surface area (Å²) in [5.41, 5.74) is 0. The van der Waals surface area contributed by atoms with Crippen molar-refractivity contribution in [1.29, 1.82) is 0 Å². The zero-order valence-electron chi connectivity index (χ0n) is 11.0. The van der Waals surface area contributed by atoms with Crippen LogP contribution in [0.25, 0.3) is 0 Å². The van der Waals surface area contributed by atoms with Gasteiger partial charge in [0.05, 0.1) is 11.2 Å². The zero-order chi connectivity index (χ0) is 13.5. The van der Waals surface area contributed by atoms with E-state index in [1.165, 1.54) is 15.2 Å². The summed E-state index contributed by atoms with van der Waals surface area (Å²) >= 11 is 5.93. The molecule has 1 aromatic heterocycles. The Kier molecular flexibility index (Phi) is 5.25. The van der Waals surface area contributed by atoms with E-state index in [0.717, 1.165) is 0 Å². The van der Waals surface area contributed by atoms with E-state index < -0.39 is 10.0 Å². The Labute approximate surface area is 124 Å². The summed E-state index contributed by atoms with van der Waals surface area (Å²) in [6, 6.07) is 0.0279. The second kappa shape index (κ2) is 5.97. The van der Waals surface area contributed by atoms with Crippen molar-refractivity contribution in [3.05, 3.63) is 11.2 Å². The molecule has 0 radical (unpaired) electrons. The van der Waals surface area contributed by atoms with Gasteiger partial charge in [0.15, 0.2) is 5.03 Å². The standard InChI is InChI=1S/C10H17ClN4O2S.ClH/c1-7-6-15(8(2)4-12-7)18(16,17)10-9(11)5-13-14(10)3;/h5,7-8,12H,4,6H2,1-3H3;1H. The minimum atomic E-state index is -3.60. The van der Waals surface area contributed by atoms with Gasteiger partial charge in [0.1, 0.15) is 0 Å². The molecule has 2 unspecified atom stereocenters. The number of aryl methyl sites for hydroxylation is 1. The molecule has 2 heterocycles. The lowest BCUT2D eigenvalue weighted by molar-refractivity contribution is 0.243. The van der Waals surface area contributed by atoms with Gasteiger partial charge in [-0.1, -0.05) is 11.6 Å². The summed E-state index contributed by atoms with van der Waals surface area (Å²) in [6.45, 7) is 4.90. The summed E-state index contributed by atoms with van der Waals surface area (Å²) in [4.78, 5) is 0. The Bertz CT molecular complexity index is 526. The molecule has 6 nitrogen and oxygen atoms in total. The SMILES string of the molecule is CC1CN(S(=O)(=O)c2c(Cl)cnn2C)C(C)CN1.Cl. The summed E-state index contributed by atoms with van der Waals surface area (Å²) < 4.78 is 28.0. The summed E-state index contributed by atoms with van der Waals surface area (Å²) in [5.74, 6) is 0. The maximum absolute atomic E-state index is 12.6. The van der Waals surface area contributed by atoms with E-state index in [9.17, 15) is 8.42 Å². The van der Waals surface area contributed by atoms with Crippen molar-refractivity contribution in [3.63, 3.8) is 0 Å². The van der Waals surface area contributed by atoms with Crippen LogP contribution in [0.2, 0.25) is 5.02 Å². The molecule has 1 aliphatic heterocycles. The molecule has 19 heavy (non-hydrogen) atoms. The van der Waals surface area contributed by atoms with Gasteiger partial charge >= 0.3 is 0 Å². The molecule has 0 bridgehead atoms. The predicted molar refractivity (Wildman–Crippen MR) is 76.3 cm³/mol. The van der Waals surface area contributed by atoms with Gasteiger partial charge in [-0.05, 0) is 13.8 Å². The van der Waals surface area contributed by atoms with Crippen LogP contribution in [-0.4, -0.2) is 47.7 Å². The number of nitrogens with zero attached hydrogens (tertiary/aromatic N) is 3. The Hall–Kier alpha value is -0.340. The average Bonchev–Trinajstić information content (AvgIpc) is 2.62. The van der Waals surface area contributed by atoms with Crippen LogP contribution >= 0.6 is 24.0 Å². The molecule has 110 valence electrons. The highest BCUT2D eigenvalue weighted by Gasteiger charge is 2.36. The van der Waals surface area contributed by atoms with E-state index in [4.69, 9.17) is 11.6 Å². The number of nitrogens with one attached hydrogen (secondary N) is 1. The average molecular weight is 329 g/mol. The van der Waals surface area contributed by atoms with Gasteiger partial charge in [-0.15, -0.1) is 12.4 Å². The van der Waals surface area contributed by atoms with Crippen molar-refractivity contribution < 1.29 is 8.42 Å². The molecule has 0 spiro atoms. The van der Waals surface area contributed by atoms with E-state index >= 15 is 0 Å². The van der Waals surface area contributed by atoms with Gasteiger partial charge in [-0.3, -0.25) is 4.68 Å². The molecule has 9 heteroatoms. The van der Waals surface area contributed by atoms with Crippen molar-refractivity contribution >= 4 is 34.0 Å². The molecule has 0 aliphatic carbocycles. The second-order valence-corrected chi connectivity index (χ2v) is 6.87. The van der Waals surface area contributed by atoms with Crippen molar-refractivity contribution in [2.45, 2.75) is 31.0 Å². The van der Waals surface area contributed by atoms with E-state index in [1.54, 1.807) is 7.05 Å². The number of hydrogen-bond acceptors (Lipinski definition) is 4. The number of hydrogen-bond donors (Lipinski definition) is 1. The smallest absolute Gasteiger partial charge is 0.262 e. The number of piperazine rings is 1. The minimum absolute atomic E-state index is 0. The summed E-state index contributed by atoms with van der Waals surface area (Å²) in [7, 11) is -2.02. The largest absolute Gasteiger partial charge is 0.311 e. The molecule has 0 saturated carbocycles. The Morgan fingerprint density at radius 1 is 1.47 bits per heavy atom.